The van der Waals surface area contributed by atoms with E-state index in [4.69, 9.17) is 0 Å². The SMILES string of the molecule is C[C@H]1C[C@@H]1C(=O)Nc1ccc(F)cc1C(=O)N1CCCSCC1. The zero-order valence-corrected chi connectivity index (χ0v) is 14.0. The monoisotopic (exact) mass is 336 g/mol. The fraction of sp³-hybridized carbons (Fsp3) is 0.529. The molecule has 3 rings (SSSR count). The maximum atomic E-state index is 13.6. The van der Waals surface area contributed by atoms with E-state index in [9.17, 15) is 14.0 Å². The first-order valence-corrected chi connectivity index (χ1v) is 9.19. The van der Waals surface area contributed by atoms with Gasteiger partial charge in [0.25, 0.3) is 5.91 Å². The van der Waals surface area contributed by atoms with Gasteiger partial charge < -0.3 is 10.2 Å². The molecule has 1 N–H and O–H groups in total. The largest absolute Gasteiger partial charge is 0.338 e. The average Bonchev–Trinajstić information content (AvgIpc) is 3.30. The summed E-state index contributed by atoms with van der Waals surface area (Å²) in [5.41, 5.74) is 0.663. The molecule has 0 spiro atoms. The van der Waals surface area contributed by atoms with Gasteiger partial charge >= 0.3 is 0 Å². The molecular weight excluding hydrogens is 315 g/mol. The second-order valence-corrected chi connectivity index (χ2v) is 7.48. The second kappa shape index (κ2) is 6.91. The Morgan fingerprint density at radius 1 is 1.30 bits per heavy atom. The molecule has 1 saturated carbocycles. The molecule has 1 saturated heterocycles. The van der Waals surface area contributed by atoms with Crippen LogP contribution in [0.3, 0.4) is 0 Å². The Morgan fingerprint density at radius 2 is 2.09 bits per heavy atom. The van der Waals surface area contributed by atoms with Crippen molar-refractivity contribution in [1.82, 2.24) is 4.90 Å². The number of nitrogens with one attached hydrogen (secondary N) is 1. The van der Waals surface area contributed by atoms with Crippen LogP contribution < -0.4 is 5.32 Å². The van der Waals surface area contributed by atoms with Crippen molar-refractivity contribution in [2.24, 2.45) is 11.8 Å². The predicted molar refractivity (Wildman–Crippen MR) is 90.1 cm³/mol. The van der Waals surface area contributed by atoms with E-state index in [1.54, 1.807) is 4.90 Å². The molecule has 1 aliphatic carbocycles. The van der Waals surface area contributed by atoms with Crippen LogP contribution in [0, 0.1) is 17.7 Å². The van der Waals surface area contributed by atoms with E-state index >= 15 is 0 Å². The van der Waals surface area contributed by atoms with E-state index < -0.39 is 5.82 Å². The molecule has 23 heavy (non-hydrogen) atoms. The fourth-order valence-electron chi connectivity index (χ4n) is 2.83. The summed E-state index contributed by atoms with van der Waals surface area (Å²) in [7, 11) is 0. The van der Waals surface area contributed by atoms with Gasteiger partial charge in [-0.2, -0.15) is 11.8 Å². The van der Waals surface area contributed by atoms with Gasteiger partial charge in [0.15, 0.2) is 0 Å². The highest BCUT2D eigenvalue weighted by molar-refractivity contribution is 7.99. The number of hydrogen-bond donors (Lipinski definition) is 1. The van der Waals surface area contributed by atoms with Gasteiger partial charge in [-0.3, -0.25) is 9.59 Å². The third-order valence-corrected chi connectivity index (χ3v) is 5.47. The molecule has 6 heteroatoms. The summed E-state index contributed by atoms with van der Waals surface area (Å²) < 4.78 is 13.6. The van der Waals surface area contributed by atoms with Crippen molar-refractivity contribution in [2.45, 2.75) is 19.8 Å². The summed E-state index contributed by atoms with van der Waals surface area (Å²) in [6, 6.07) is 3.99. The van der Waals surface area contributed by atoms with Gasteiger partial charge in [0.2, 0.25) is 5.91 Å². The van der Waals surface area contributed by atoms with Crippen LogP contribution in [-0.2, 0) is 4.79 Å². The number of rotatable bonds is 3. The topological polar surface area (TPSA) is 49.4 Å². The van der Waals surface area contributed by atoms with Gasteiger partial charge in [-0.05, 0) is 42.7 Å². The van der Waals surface area contributed by atoms with E-state index in [0.29, 0.717) is 24.7 Å². The maximum Gasteiger partial charge on any atom is 0.256 e. The van der Waals surface area contributed by atoms with E-state index in [1.165, 1.54) is 18.2 Å². The lowest BCUT2D eigenvalue weighted by Crippen LogP contribution is -2.33. The number of carbonyl (C=O) groups is 2. The molecule has 2 fully saturated rings. The molecule has 0 unspecified atom stereocenters. The maximum absolute atomic E-state index is 13.6. The minimum atomic E-state index is -0.463. The number of nitrogens with zero attached hydrogens (tertiary/aromatic N) is 1. The quantitative estimate of drug-likeness (QED) is 0.923. The molecule has 1 aromatic rings. The molecule has 4 nitrogen and oxygen atoms in total. The lowest BCUT2D eigenvalue weighted by Gasteiger charge is -2.21. The van der Waals surface area contributed by atoms with E-state index in [2.05, 4.69) is 5.32 Å². The van der Waals surface area contributed by atoms with Crippen LogP contribution in [0.1, 0.15) is 30.1 Å². The van der Waals surface area contributed by atoms with Crippen LogP contribution in [0.4, 0.5) is 10.1 Å². The molecule has 0 bridgehead atoms. The van der Waals surface area contributed by atoms with Crippen molar-refractivity contribution >= 4 is 29.3 Å². The van der Waals surface area contributed by atoms with E-state index in [0.717, 1.165) is 24.3 Å². The van der Waals surface area contributed by atoms with E-state index in [-0.39, 0.29) is 23.3 Å². The van der Waals surface area contributed by atoms with Crippen molar-refractivity contribution < 1.29 is 14.0 Å². The standard InChI is InChI=1S/C17H21FN2O2S/c1-11-9-13(11)16(21)19-15-4-3-12(18)10-14(15)17(22)20-5-2-7-23-8-6-20/h3-4,10-11,13H,2,5-9H2,1H3,(H,19,21)/t11-,13-/m0/s1. The van der Waals surface area contributed by atoms with Gasteiger partial charge in [0, 0.05) is 24.8 Å². The Bertz CT molecular complexity index is 615. The molecule has 2 amide bonds. The van der Waals surface area contributed by atoms with Gasteiger partial charge in [-0.15, -0.1) is 0 Å². The number of carbonyl (C=O) groups excluding carboxylic acids is 2. The number of anilines is 1. The summed E-state index contributed by atoms with van der Waals surface area (Å²) >= 11 is 1.82. The highest BCUT2D eigenvalue weighted by Gasteiger charge is 2.39. The van der Waals surface area contributed by atoms with Gasteiger partial charge in [-0.25, -0.2) is 4.39 Å². The zero-order chi connectivity index (χ0) is 16.4. The minimum Gasteiger partial charge on any atom is -0.338 e. The summed E-state index contributed by atoms with van der Waals surface area (Å²) in [5.74, 6) is 1.58. The van der Waals surface area contributed by atoms with E-state index in [1.807, 2.05) is 18.7 Å². The lowest BCUT2D eigenvalue weighted by molar-refractivity contribution is -0.117. The van der Waals surface area contributed by atoms with Gasteiger partial charge in [0.1, 0.15) is 5.82 Å². The molecular formula is C17H21FN2O2S. The summed E-state index contributed by atoms with van der Waals surface area (Å²) in [5, 5.41) is 2.81. The first-order valence-electron chi connectivity index (χ1n) is 8.03. The van der Waals surface area contributed by atoms with Crippen LogP contribution in [0.5, 0.6) is 0 Å². The number of thioether (sulfide) groups is 1. The summed E-state index contributed by atoms with van der Waals surface area (Å²) in [4.78, 5) is 26.7. The first-order chi connectivity index (χ1) is 11.1. The van der Waals surface area contributed by atoms with Gasteiger partial charge in [-0.1, -0.05) is 6.92 Å². The predicted octanol–water partition coefficient (Wildman–Crippen LogP) is 3.00. The molecule has 2 atom stereocenters. The van der Waals surface area contributed by atoms with Gasteiger partial charge in [0.05, 0.1) is 11.3 Å². The van der Waals surface area contributed by atoms with Crippen molar-refractivity contribution in [3.05, 3.63) is 29.6 Å². The Morgan fingerprint density at radius 3 is 2.83 bits per heavy atom. The third kappa shape index (κ3) is 3.86. The van der Waals surface area contributed by atoms with Crippen molar-refractivity contribution in [1.29, 1.82) is 0 Å². The fourth-order valence-corrected chi connectivity index (χ4v) is 3.72. The number of halogens is 1. The van der Waals surface area contributed by atoms with Crippen LogP contribution in [0.2, 0.25) is 0 Å². The highest BCUT2D eigenvalue weighted by atomic mass is 32.2. The second-order valence-electron chi connectivity index (χ2n) is 6.26. The number of hydrogen-bond acceptors (Lipinski definition) is 3. The van der Waals surface area contributed by atoms with Crippen molar-refractivity contribution in [3.8, 4) is 0 Å². The molecule has 0 radical (unpaired) electrons. The average molecular weight is 336 g/mol. The molecule has 1 aromatic carbocycles. The zero-order valence-electron chi connectivity index (χ0n) is 13.2. The van der Waals surface area contributed by atoms with Crippen molar-refractivity contribution in [2.75, 3.05) is 29.9 Å². The summed E-state index contributed by atoms with van der Waals surface area (Å²) in [6.07, 6.45) is 1.81. The summed E-state index contributed by atoms with van der Waals surface area (Å²) in [6.45, 7) is 3.36. The molecule has 2 aliphatic rings. The Labute approximate surface area is 139 Å². The molecule has 1 heterocycles. The Balaban J connectivity index is 1.80. The number of benzene rings is 1. The molecule has 0 aromatic heterocycles. The van der Waals surface area contributed by atoms with Crippen LogP contribution in [0.15, 0.2) is 18.2 Å². The third-order valence-electron chi connectivity index (χ3n) is 4.43. The smallest absolute Gasteiger partial charge is 0.256 e. The molecule has 124 valence electrons. The van der Waals surface area contributed by atoms with Crippen LogP contribution in [-0.4, -0.2) is 41.3 Å². The number of amides is 2. The van der Waals surface area contributed by atoms with Crippen LogP contribution >= 0.6 is 11.8 Å². The molecule has 1 aliphatic heterocycles. The van der Waals surface area contributed by atoms with Crippen LogP contribution in [0.25, 0.3) is 0 Å². The minimum absolute atomic E-state index is 0.0117. The van der Waals surface area contributed by atoms with Crippen molar-refractivity contribution in [3.63, 3.8) is 0 Å². The normalized spacial score (nSPS) is 24.0. The Hall–Kier alpha value is -1.56. The highest BCUT2D eigenvalue weighted by Crippen LogP contribution is 2.38. The Kier molecular flexibility index (Phi) is 4.90. The first kappa shape index (κ1) is 16.3. The lowest BCUT2D eigenvalue weighted by atomic mass is 10.1.